The molecule has 0 heterocycles. The van der Waals surface area contributed by atoms with Gasteiger partial charge in [-0.25, -0.2) is 0 Å². The first-order valence-corrected chi connectivity index (χ1v) is 7.98. The zero-order valence-corrected chi connectivity index (χ0v) is 14.7. The monoisotopic (exact) mass is 352 g/mol. The molecule has 0 aliphatic rings. The maximum Gasteiger partial charge on any atom is 0.320 e. The second kappa shape index (κ2) is 10.3. The van der Waals surface area contributed by atoms with E-state index in [1.165, 1.54) is 17.9 Å². The van der Waals surface area contributed by atoms with Crippen LogP contribution in [0.15, 0.2) is 18.2 Å². The van der Waals surface area contributed by atoms with Gasteiger partial charge in [-0.05, 0) is 32.0 Å². The van der Waals surface area contributed by atoms with E-state index in [1.54, 1.807) is 26.0 Å². The summed E-state index contributed by atoms with van der Waals surface area (Å²) in [5.41, 5.74) is 0.965. The van der Waals surface area contributed by atoms with Gasteiger partial charge in [0.2, 0.25) is 5.91 Å². The van der Waals surface area contributed by atoms with Crippen molar-refractivity contribution in [2.75, 3.05) is 31.6 Å². The Hall–Kier alpha value is -2.61. The number of nitrogens with one attached hydrogen (secondary N) is 1. The summed E-state index contributed by atoms with van der Waals surface area (Å²) in [7, 11) is 0. The number of ether oxygens (including phenoxy) is 2. The Bertz CT molecular complexity index is 597. The predicted molar refractivity (Wildman–Crippen MR) is 91.0 cm³/mol. The Morgan fingerprint density at radius 3 is 2.12 bits per heavy atom. The molecule has 0 unspecified atom stereocenters. The molecular weight excluding hydrogens is 328 g/mol. The minimum Gasteiger partial charge on any atom is -0.508 e. The number of carbonyl (C=O) groups excluding carboxylic acids is 3. The van der Waals surface area contributed by atoms with Crippen molar-refractivity contribution >= 4 is 23.5 Å². The highest BCUT2D eigenvalue weighted by atomic mass is 16.5. The molecule has 138 valence electrons. The fourth-order valence-corrected chi connectivity index (χ4v) is 2.18. The summed E-state index contributed by atoms with van der Waals surface area (Å²) >= 11 is 0. The summed E-state index contributed by atoms with van der Waals surface area (Å²) in [5, 5.41) is 12.6. The van der Waals surface area contributed by atoms with Crippen molar-refractivity contribution < 1.29 is 29.0 Å². The number of amides is 1. The van der Waals surface area contributed by atoms with Gasteiger partial charge in [0, 0.05) is 24.7 Å². The van der Waals surface area contributed by atoms with Crippen LogP contribution in [0, 0.1) is 0 Å². The summed E-state index contributed by atoms with van der Waals surface area (Å²) in [4.78, 5) is 36.2. The summed E-state index contributed by atoms with van der Waals surface area (Å²) < 4.78 is 9.81. The number of hydrogen-bond acceptors (Lipinski definition) is 7. The molecule has 0 aromatic heterocycles. The summed E-state index contributed by atoms with van der Waals surface area (Å²) in [6.07, 6.45) is 0. The molecule has 1 rings (SSSR count). The number of aromatic hydroxyl groups is 1. The van der Waals surface area contributed by atoms with Gasteiger partial charge < -0.3 is 19.9 Å². The number of phenolic OH excluding ortho intramolecular Hbond substituents is 1. The fourth-order valence-electron chi connectivity index (χ4n) is 2.18. The minimum atomic E-state index is -0.482. The standard InChI is InChI=1S/C17H24N2O6/c1-4-24-16(22)10-19(11-17(23)25-5-2)9-13-8-14(18-12(3)20)6-7-15(13)21/h6-8,21H,4-5,9-11H2,1-3H3,(H,18,20). The Labute approximate surface area is 146 Å². The predicted octanol–water partition coefficient (Wildman–Crippen LogP) is 1.28. The average molecular weight is 352 g/mol. The molecule has 0 bridgehead atoms. The molecule has 0 aliphatic carbocycles. The van der Waals surface area contributed by atoms with Crippen LogP contribution in [0.3, 0.4) is 0 Å². The number of benzene rings is 1. The molecule has 8 heteroatoms. The van der Waals surface area contributed by atoms with E-state index in [2.05, 4.69) is 5.32 Å². The fraction of sp³-hybridized carbons (Fsp3) is 0.471. The number of hydrogen-bond donors (Lipinski definition) is 2. The van der Waals surface area contributed by atoms with E-state index in [9.17, 15) is 19.5 Å². The number of nitrogens with zero attached hydrogens (tertiary/aromatic N) is 1. The van der Waals surface area contributed by atoms with E-state index < -0.39 is 11.9 Å². The van der Waals surface area contributed by atoms with E-state index in [0.29, 0.717) is 11.3 Å². The first kappa shape index (κ1) is 20.4. The van der Waals surface area contributed by atoms with Gasteiger partial charge in [-0.2, -0.15) is 0 Å². The van der Waals surface area contributed by atoms with Crippen molar-refractivity contribution in [1.29, 1.82) is 0 Å². The van der Waals surface area contributed by atoms with Crippen LogP contribution in [0.4, 0.5) is 5.69 Å². The molecule has 0 fully saturated rings. The SMILES string of the molecule is CCOC(=O)CN(CC(=O)OCC)Cc1cc(NC(C)=O)ccc1O. The maximum atomic E-state index is 11.7. The van der Waals surface area contributed by atoms with Crippen LogP contribution in [0.2, 0.25) is 0 Å². The third kappa shape index (κ3) is 7.67. The van der Waals surface area contributed by atoms with E-state index in [4.69, 9.17) is 9.47 Å². The quantitative estimate of drug-likeness (QED) is 0.509. The van der Waals surface area contributed by atoms with Crippen molar-refractivity contribution in [1.82, 2.24) is 4.90 Å². The molecule has 25 heavy (non-hydrogen) atoms. The average Bonchev–Trinajstić information content (AvgIpc) is 2.50. The van der Waals surface area contributed by atoms with Crippen molar-refractivity contribution in [3.05, 3.63) is 23.8 Å². The molecule has 0 saturated heterocycles. The molecule has 0 spiro atoms. The van der Waals surface area contributed by atoms with Gasteiger partial charge in [-0.15, -0.1) is 0 Å². The van der Waals surface area contributed by atoms with E-state index in [-0.39, 0.29) is 44.5 Å². The molecule has 1 aromatic rings. The zero-order valence-electron chi connectivity index (χ0n) is 14.7. The van der Waals surface area contributed by atoms with Crippen LogP contribution in [0.5, 0.6) is 5.75 Å². The van der Waals surface area contributed by atoms with Crippen LogP contribution >= 0.6 is 0 Å². The van der Waals surface area contributed by atoms with Crippen LogP contribution < -0.4 is 5.32 Å². The maximum absolute atomic E-state index is 11.7. The van der Waals surface area contributed by atoms with Gasteiger partial charge in [-0.3, -0.25) is 19.3 Å². The highest BCUT2D eigenvalue weighted by Gasteiger charge is 2.18. The third-order valence-corrected chi connectivity index (χ3v) is 3.11. The van der Waals surface area contributed by atoms with Crippen molar-refractivity contribution in [2.24, 2.45) is 0 Å². The molecular formula is C17H24N2O6. The Morgan fingerprint density at radius 2 is 1.64 bits per heavy atom. The molecule has 1 amide bonds. The Kier molecular flexibility index (Phi) is 8.42. The van der Waals surface area contributed by atoms with Crippen molar-refractivity contribution in [3.8, 4) is 5.75 Å². The van der Waals surface area contributed by atoms with Crippen LogP contribution in [-0.2, 0) is 30.4 Å². The normalized spacial score (nSPS) is 10.4. The van der Waals surface area contributed by atoms with Gasteiger partial charge >= 0.3 is 11.9 Å². The second-order valence-corrected chi connectivity index (χ2v) is 5.28. The van der Waals surface area contributed by atoms with Crippen LogP contribution in [-0.4, -0.2) is 54.2 Å². The number of phenols is 1. The lowest BCUT2D eigenvalue weighted by atomic mass is 10.1. The molecule has 0 saturated carbocycles. The van der Waals surface area contributed by atoms with Crippen molar-refractivity contribution in [3.63, 3.8) is 0 Å². The lowest BCUT2D eigenvalue weighted by Gasteiger charge is -2.21. The first-order valence-electron chi connectivity index (χ1n) is 7.98. The number of esters is 2. The summed E-state index contributed by atoms with van der Waals surface area (Å²) in [6.45, 7) is 5.07. The lowest BCUT2D eigenvalue weighted by molar-refractivity contribution is -0.148. The topological polar surface area (TPSA) is 105 Å². The first-order chi connectivity index (χ1) is 11.8. The van der Waals surface area contributed by atoms with E-state index in [1.807, 2.05) is 0 Å². The summed E-state index contributed by atoms with van der Waals surface area (Å²) in [6, 6.07) is 4.58. The van der Waals surface area contributed by atoms with Gasteiger partial charge in [-0.1, -0.05) is 0 Å². The molecule has 1 aromatic carbocycles. The van der Waals surface area contributed by atoms with Crippen LogP contribution in [0.25, 0.3) is 0 Å². The highest BCUT2D eigenvalue weighted by molar-refractivity contribution is 5.88. The molecule has 2 N–H and O–H groups in total. The minimum absolute atomic E-state index is 0.00757. The Balaban J connectivity index is 2.92. The third-order valence-electron chi connectivity index (χ3n) is 3.11. The second-order valence-electron chi connectivity index (χ2n) is 5.28. The molecule has 8 nitrogen and oxygen atoms in total. The number of anilines is 1. The zero-order chi connectivity index (χ0) is 18.8. The largest absolute Gasteiger partial charge is 0.508 e. The number of rotatable bonds is 9. The summed E-state index contributed by atoms with van der Waals surface area (Å²) in [5.74, 6) is -1.22. The molecule has 0 radical (unpaired) electrons. The van der Waals surface area contributed by atoms with Gasteiger partial charge in [0.15, 0.2) is 0 Å². The number of carbonyl (C=O) groups is 3. The van der Waals surface area contributed by atoms with E-state index >= 15 is 0 Å². The van der Waals surface area contributed by atoms with Gasteiger partial charge in [0.05, 0.1) is 26.3 Å². The van der Waals surface area contributed by atoms with Gasteiger partial charge in [0.1, 0.15) is 5.75 Å². The molecule has 0 atom stereocenters. The van der Waals surface area contributed by atoms with Crippen LogP contribution in [0.1, 0.15) is 26.3 Å². The Morgan fingerprint density at radius 1 is 1.08 bits per heavy atom. The smallest absolute Gasteiger partial charge is 0.320 e. The lowest BCUT2D eigenvalue weighted by Crippen LogP contribution is -2.35. The molecule has 0 aliphatic heterocycles. The van der Waals surface area contributed by atoms with E-state index in [0.717, 1.165) is 0 Å². The van der Waals surface area contributed by atoms with Gasteiger partial charge in [0.25, 0.3) is 0 Å². The highest BCUT2D eigenvalue weighted by Crippen LogP contribution is 2.23. The van der Waals surface area contributed by atoms with Crippen molar-refractivity contribution in [2.45, 2.75) is 27.3 Å².